The van der Waals surface area contributed by atoms with Crippen molar-refractivity contribution in [1.29, 1.82) is 0 Å². The Morgan fingerprint density at radius 3 is 2.28 bits per heavy atom. The van der Waals surface area contributed by atoms with Crippen molar-refractivity contribution in [3.8, 4) is 22.9 Å². The number of anilines is 1. The quantitative estimate of drug-likeness (QED) is 0.167. The van der Waals surface area contributed by atoms with Crippen molar-refractivity contribution in [1.82, 2.24) is 14.5 Å². The molecule has 4 aromatic carbocycles. The first-order valence-corrected chi connectivity index (χ1v) is 15.3. The van der Waals surface area contributed by atoms with Crippen molar-refractivity contribution in [3.05, 3.63) is 118 Å². The van der Waals surface area contributed by atoms with E-state index in [2.05, 4.69) is 5.32 Å². The van der Waals surface area contributed by atoms with E-state index in [0.29, 0.717) is 59.2 Å². The minimum absolute atomic E-state index is 0.216. The summed E-state index contributed by atoms with van der Waals surface area (Å²) in [6.45, 7) is 8.62. The zero-order valence-corrected chi connectivity index (χ0v) is 27.2. The fourth-order valence-corrected chi connectivity index (χ4v) is 5.62. The molecule has 0 radical (unpaired) electrons. The Morgan fingerprint density at radius 1 is 0.913 bits per heavy atom. The summed E-state index contributed by atoms with van der Waals surface area (Å²) in [5.41, 5.74) is 4.60. The maximum Gasteiger partial charge on any atom is 0.322 e. The molecule has 1 atom stereocenters. The average Bonchev–Trinajstić information content (AvgIpc) is 3.07. The van der Waals surface area contributed by atoms with E-state index in [4.69, 9.17) is 19.2 Å². The van der Waals surface area contributed by atoms with Gasteiger partial charge in [0.2, 0.25) is 0 Å². The van der Waals surface area contributed by atoms with Gasteiger partial charge in [-0.05, 0) is 99.3 Å². The molecular formula is C37H40N4O5. The highest BCUT2D eigenvalue weighted by Crippen LogP contribution is 2.30. The van der Waals surface area contributed by atoms with E-state index in [1.807, 2.05) is 107 Å². The van der Waals surface area contributed by atoms with Crippen LogP contribution in [0.4, 0.5) is 10.5 Å². The number of aryl methyl sites for hydroxylation is 2. The Labute approximate surface area is 269 Å². The van der Waals surface area contributed by atoms with Gasteiger partial charge >= 0.3 is 6.03 Å². The number of ether oxygens (including phenoxy) is 3. The lowest BCUT2D eigenvalue weighted by atomic mass is 10.1. The molecule has 46 heavy (non-hydrogen) atoms. The van der Waals surface area contributed by atoms with Gasteiger partial charge in [-0.3, -0.25) is 9.36 Å². The Kier molecular flexibility index (Phi) is 9.91. The highest BCUT2D eigenvalue weighted by atomic mass is 16.5. The lowest BCUT2D eigenvalue weighted by Gasteiger charge is -2.31. The van der Waals surface area contributed by atoms with Crippen LogP contribution in [0.5, 0.6) is 17.2 Å². The molecule has 0 saturated carbocycles. The molecular weight excluding hydrogens is 580 g/mol. The van der Waals surface area contributed by atoms with Crippen LogP contribution >= 0.6 is 0 Å². The summed E-state index contributed by atoms with van der Waals surface area (Å²) in [7, 11) is 3.19. The maximum atomic E-state index is 14.2. The van der Waals surface area contributed by atoms with Gasteiger partial charge < -0.3 is 24.4 Å². The van der Waals surface area contributed by atoms with Gasteiger partial charge in [0.15, 0.2) is 11.5 Å². The molecule has 1 unspecified atom stereocenters. The monoisotopic (exact) mass is 620 g/mol. The molecule has 0 spiro atoms. The summed E-state index contributed by atoms with van der Waals surface area (Å²) in [6.07, 6.45) is 0.520. The van der Waals surface area contributed by atoms with E-state index in [1.54, 1.807) is 29.8 Å². The van der Waals surface area contributed by atoms with Crippen LogP contribution in [0.2, 0.25) is 0 Å². The number of para-hydroxylation sites is 2. The largest absolute Gasteiger partial charge is 0.494 e. The molecule has 5 rings (SSSR count). The van der Waals surface area contributed by atoms with Crippen LogP contribution < -0.4 is 25.1 Å². The zero-order chi connectivity index (χ0) is 32.8. The Bertz CT molecular complexity index is 1880. The predicted molar refractivity (Wildman–Crippen MR) is 182 cm³/mol. The molecule has 1 N–H and O–H groups in total. The SMILES string of the molecule is CCOc1ccc(-n2c(C(C)N(CCc3ccc(OC)c(OC)c3)C(=O)Nc3c(C)cccc3C)nc3ccccc3c2=O)cc1. The summed E-state index contributed by atoms with van der Waals surface area (Å²) in [6, 6.07) is 25.3. The van der Waals surface area contributed by atoms with Crippen molar-refractivity contribution >= 4 is 22.6 Å². The van der Waals surface area contributed by atoms with Gasteiger partial charge in [-0.1, -0.05) is 36.4 Å². The molecule has 1 heterocycles. The molecule has 0 aliphatic carbocycles. The number of nitrogens with one attached hydrogen (secondary N) is 1. The van der Waals surface area contributed by atoms with Crippen LogP contribution in [0, 0.1) is 13.8 Å². The summed E-state index contributed by atoms with van der Waals surface area (Å²) in [5, 5.41) is 3.64. The van der Waals surface area contributed by atoms with Crippen molar-refractivity contribution < 1.29 is 19.0 Å². The third-order valence-electron chi connectivity index (χ3n) is 8.11. The van der Waals surface area contributed by atoms with E-state index in [1.165, 1.54) is 0 Å². The smallest absolute Gasteiger partial charge is 0.322 e. The Morgan fingerprint density at radius 2 is 1.61 bits per heavy atom. The van der Waals surface area contributed by atoms with E-state index < -0.39 is 6.04 Å². The zero-order valence-electron chi connectivity index (χ0n) is 27.2. The Hall–Kier alpha value is -5.31. The maximum absolute atomic E-state index is 14.2. The number of hydrogen-bond donors (Lipinski definition) is 1. The second-order valence-corrected chi connectivity index (χ2v) is 11.1. The first kappa shape index (κ1) is 32.1. The number of carbonyl (C=O) groups excluding carboxylic acids is 1. The highest BCUT2D eigenvalue weighted by Gasteiger charge is 2.28. The van der Waals surface area contributed by atoms with Crippen molar-refractivity contribution in [2.45, 2.75) is 40.2 Å². The molecule has 5 aromatic rings. The minimum atomic E-state index is -0.603. The predicted octanol–water partition coefficient (Wildman–Crippen LogP) is 7.26. The number of rotatable bonds is 11. The third kappa shape index (κ3) is 6.68. The third-order valence-corrected chi connectivity index (χ3v) is 8.11. The first-order valence-electron chi connectivity index (χ1n) is 15.3. The lowest BCUT2D eigenvalue weighted by molar-refractivity contribution is 0.190. The Balaban J connectivity index is 1.60. The number of methoxy groups -OCH3 is 2. The first-order chi connectivity index (χ1) is 22.2. The van der Waals surface area contributed by atoms with E-state index >= 15 is 0 Å². The van der Waals surface area contributed by atoms with Crippen molar-refractivity contribution in [2.75, 3.05) is 32.7 Å². The molecule has 9 nitrogen and oxygen atoms in total. The molecule has 0 bridgehead atoms. The minimum Gasteiger partial charge on any atom is -0.494 e. The van der Waals surface area contributed by atoms with Crippen LogP contribution in [-0.4, -0.2) is 47.9 Å². The van der Waals surface area contributed by atoms with Gasteiger partial charge in [-0.2, -0.15) is 0 Å². The summed E-state index contributed by atoms with van der Waals surface area (Å²) < 4.78 is 18.2. The molecule has 2 amide bonds. The fraction of sp³-hybridized carbons (Fsp3) is 0.270. The fourth-order valence-electron chi connectivity index (χ4n) is 5.62. The van der Waals surface area contributed by atoms with Crippen molar-refractivity contribution in [2.24, 2.45) is 0 Å². The number of carbonyl (C=O) groups is 1. The standard InChI is InChI=1S/C37H40N4O5/c1-7-46-29-18-16-28(17-19-29)41-35(38-31-14-9-8-13-30(31)36(41)42)26(4)40(37(43)39-34-24(2)11-10-12-25(34)3)22-21-27-15-20-32(44-5)33(23-27)45-6/h8-20,23,26H,7,21-22H2,1-6H3,(H,39,43). The molecule has 0 aliphatic rings. The number of urea groups is 1. The van der Waals surface area contributed by atoms with Gasteiger partial charge in [0.25, 0.3) is 5.56 Å². The second-order valence-electron chi connectivity index (χ2n) is 11.1. The van der Waals surface area contributed by atoms with Crippen LogP contribution in [0.25, 0.3) is 16.6 Å². The lowest BCUT2D eigenvalue weighted by Crippen LogP contribution is -2.41. The molecule has 9 heteroatoms. The van der Waals surface area contributed by atoms with Crippen molar-refractivity contribution in [3.63, 3.8) is 0 Å². The van der Waals surface area contributed by atoms with E-state index in [9.17, 15) is 9.59 Å². The normalized spacial score (nSPS) is 11.6. The number of aromatic nitrogens is 2. The highest BCUT2D eigenvalue weighted by molar-refractivity contribution is 5.91. The van der Waals surface area contributed by atoms with Gasteiger partial charge in [0, 0.05) is 12.2 Å². The van der Waals surface area contributed by atoms with Gasteiger partial charge in [0.1, 0.15) is 11.6 Å². The summed E-state index contributed by atoms with van der Waals surface area (Å²) >= 11 is 0. The molecule has 0 aliphatic heterocycles. The number of benzene rings is 4. The summed E-state index contributed by atoms with van der Waals surface area (Å²) in [5.74, 6) is 2.38. The number of nitrogens with zero attached hydrogens (tertiary/aromatic N) is 3. The van der Waals surface area contributed by atoms with Gasteiger partial charge in [-0.25, -0.2) is 9.78 Å². The second kappa shape index (κ2) is 14.2. The molecule has 0 fully saturated rings. The van der Waals surface area contributed by atoms with E-state index in [0.717, 1.165) is 22.4 Å². The van der Waals surface area contributed by atoms with Gasteiger partial charge in [0.05, 0.1) is 43.5 Å². The van der Waals surface area contributed by atoms with E-state index in [-0.39, 0.29) is 11.6 Å². The number of hydrogen-bond acceptors (Lipinski definition) is 6. The van der Waals surface area contributed by atoms with Crippen LogP contribution in [0.1, 0.15) is 42.4 Å². The van der Waals surface area contributed by atoms with Crippen LogP contribution in [0.3, 0.4) is 0 Å². The number of amides is 2. The topological polar surface area (TPSA) is 94.9 Å². The average molecular weight is 621 g/mol. The van der Waals surface area contributed by atoms with Crippen LogP contribution in [0.15, 0.2) is 89.7 Å². The molecule has 238 valence electrons. The van der Waals surface area contributed by atoms with Gasteiger partial charge in [-0.15, -0.1) is 0 Å². The molecule has 1 aromatic heterocycles. The van der Waals surface area contributed by atoms with Crippen LogP contribution in [-0.2, 0) is 6.42 Å². The number of fused-ring (bicyclic) bond motifs is 1. The molecule has 0 saturated heterocycles. The summed E-state index contributed by atoms with van der Waals surface area (Å²) in [4.78, 5) is 35.0.